The zero-order chi connectivity index (χ0) is 20.8. The van der Waals surface area contributed by atoms with Crippen molar-refractivity contribution in [3.05, 3.63) is 60.1 Å². The van der Waals surface area contributed by atoms with E-state index in [0.717, 1.165) is 5.56 Å². The molecule has 2 atom stereocenters. The lowest BCUT2D eigenvalue weighted by Gasteiger charge is -2.25. The van der Waals surface area contributed by atoms with Gasteiger partial charge in [0.05, 0.1) is 18.2 Å². The average Bonchev–Trinajstić information content (AvgIpc) is 3.40. The summed E-state index contributed by atoms with van der Waals surface area (Å²) in [4.78, 5) is 49.6. The van der Waals surface area contributed by atoms with Gasteiger partial charge in [-0.25, -0.2) is 0 Å². The first-order chi connectivity index (χ1) is 14.0. The van der Waals surface area contributed by atoms with Crippen LogP contribution in [0.15, 0.2) is 53.1 Å². The predicted octanol–water partition coefficient (Wildman–Crippen LogP) is 1.19. The van der Waals surface area contributed by atoms with Crippen LogP contribution < -0.4 is 10.9 Å². The van der Waals surface area contributed by atoms with Crippen LogP contribution in [0.3, 0.4) is 0 Å². The Hall–Kier alpha value is -3.62. The minimum Gasteiger partial charge on any atom is -0.459 e. The number of carbonyl (C=O) groups is 4. The standard InChI is InChI=1S/C20H21N3O6/c1-13(14-6-3-2-4-7-14)23-11-15(10-18(23)25)20(27)29-12-17(24)21-22-19(26)16-8-5-9-28-16/h2-9,13,15H,10-12H2,1H3,(H,21,24)(H,22,26)/t13-,15+/m0/s1. The molecule has 1 saturated heterocycles. The van der Waals surface area contributed by atoms with Crippen LogP contribution in [0, 0.1) is 5.92 Å². The smallest absolute Gasteiger partial charge is 0.311 e. The summed E-state index contributed by atoms with van der Waals surface area (Å²) in [6, 6.07) is 12.3. The van der Waals surface area contributed by atoms with Gasteiger partial charge >= 0.3 is 11.9 Å². The minimum atomic E-state index is -0.711. The molecule has 2 aromatic rings. The molecule has 0 aliphatic carbocycles. The molecule has 2 heterocycles. The van der Waals surface area contributed by atoms with Crippen LogP contribution in [0.4, 0.5) is 0 Å². The highest BCUT2D eigenvalue weighted by atomic mass is 16.5. The van der Waals surface area contributed by atoms with Gasteiger partial charge in [0.25, 0.3) is 5.91 Å². The quantitative estimate of drug-likeness (QED) is 0.557. The van der Waals surface area contributed by atoms with Crippen LogP contribution in [0.1, 0.15) is 35.5 Å². The van der Waals surface area contributed by atoms with Crippen LogP contribution >= 0.6 is 0 Å². The van der Waals surface area contributed by atoms with Crippen molar-refractivity contribution in [3.8, 4) is 0 Å². The molecule has 0 unspecified atom stereocenters. The zero-order valence-electron chi connectivity index (χ0n) is 15.8. The summed E-state index contributed by atoms with van der Waals surface area (Å²) < 4.78 is 9.87. The second kappa shape index (κ2) is 9.05. The molecule has 1 fully saturated rings. The fraction of sp³-hybridized carbons (Fsp3) is 0.300. The highest BCUT2D eigenvalue weighted by Crippen LogP contribution is 2.28. The Labute approximate surface area is 167 Å². The summed E-state index contributed by atoms with van der Waals surface area (Å²) in [7, 11) is 0. The maximum Gasteiger partial charge on any atom is 0.311 e. The third-order valence-corrected chi connectivity index (χ3v) is 4.65. The number of nitrogens with one attached hydrogen (secondary N) is 2. The van der Waals surface area contributed by atoms with Gasteiger partial charge in [-0.3, -0.25) is 30.0 Å². The molecule has 0 radical (unpaired) electrons. The first kappa shape index (κ1) is 20.1. The highest BCUT2D eigenvalue weighted by molar-refractivity contribution is 5.93. The number of benzene rings is 1. The van der Waals surface area contributed by atoms with Crippen molar-refractivity contribution >= 4 is 23.7 Å². The van der Waals surface area contributed by atoms with Crippen LogP contribution in [0.5, 0.6) is 0 Å². The van der Waals surface area contributed by atoms with E-state index in [1.807, 2.05) is 37.3 Å². The summed E-state index contributed by atoms with van der Waals surface area (Å²) in [6.45, 7) is 1.55. The van der Waals surface area contributed by atoms with E-state index in [0.29, 0.717) is 0 Å². The maximum atomic E-state index is 12.3. The van der Waals surface area contributed by atoms with Crippen molar-refractivity contribution in [2.24, 2.45) is 5.92 Å². The number of likely N-dealkylation sites (tertiary alicyclic amines) is 1. The van der Waals surface area contributed by atoms with E-state index in [4.69, 9.17) is 9.15 Å². The number of ether oxygens (including phenoxy) is 1. The van der Waals surface area contributed by atoms with E-state index in [-0.39, 0.29) is 30.7 Å². The van der Waals surface area contributed by atoms with Crippen molar-refractivity contribution in [2.45, 2.75) is 19.4 Å². The number of rotatable bonds is 6. The topological polar surface area (TPSA) is 118 Å². The maximum absolute atomic E-state index is 12.3. The van der Waals surface area contributed by atoms with Crippen LogP contribution in [-0.2, 0) is 19.1 Å². The molecule has 1 aliphatic rings. The fourth-order valence-corrected chi connectivity index (χ4v) is 3.06. The molecule has 29 heavy (non-hydrogen) atoms. The molecule has 9 nitrogen and oxygen atoms in total. The van der Waals surface area contributed by atoms with Crippen molar-refractivity contribution in [1.29, 1.82) is 0 Å². The first-order valence-corrected chi connectivity index (χ1v) is 9.09. The van der Waals surface area contributed by atoms with E-state index in [1.54, 1.807) is 4.90 Å². The molecular formula is C20H21N3O6. The van der Waals surface area contributed by atoms with Crippen molar-refractivity contribution in [1.82, 2.24) is 15.8 Å². The second-order valence-electron chi connectivity index (χ2n) is 6.62. The van der Waals surface area contributed by atoms with E-state index in [1.165, 1.54) is 18.4 Å². The largest absolute Gasteiger partial charge is 0.459 e. The Morgan fingerprint density at radius 1 is 1.17 bits per heavy atom. The highest BCUT2D eigenvalue weighted by Gasteiger charge is 2.38. The van der Waals surface area contributed by atoms with Gasteiger partial charge in [0.1, 0.15) is 0 Å². The van der Waals surface area contributed by atoms with Gasteiger partial charge in [-0.05, 0) is 24.6 Å². The molecule has 152 valence electrons. The Bertz CT molecular complexity index is 881. The van der Waals surface area contributed by atoms with Crippen molar-refractivity contribution in [2.75, 3.05) is 13.2 Å². The molecule has 9 heteroatoms. The summed E-state index contributed by atoms with van der Waals surface area (Å²) in [5.74, 6) is -2.73. The molecular weight excluding hydrogens is 378 g/mol. The van der Waals surface area contributed by atoms with E-state index < -0.39 is 30.3 Å². The van der Waals surface area contributed by atoms with Gasteiger partial charge in [0.2, 0.25) is 5.91 Å². The number of amides is 3. The van der Waals surface area contributed by atoms with Gasteiger partial charge in [-0.1, -0.05) is 30.3 Å². The number of nitrogens with zero attached hydrogens (tertiary/aromatic N) is 1. The summed E-state index contributed by atoms with van der Waals surface area (Å²) in [5.41, 5.74) is 5.23. The predicted molar refractivity (Wildman–Crippen MR) is 100.0 cm³/mol. The van der Waals surface area contributed by atoms with E-state index >= 15 is 0 Å². The Balaban J connectivity index is 1.44. The molecule has 2 N–H and O–H groups in total. The third-order valence-electron chi connectivity index (χ3n) is 4.65. The van der Waals surface area contributed by atoms with Crippen LogP contribution in [-0.4, -0.2) is 41.7 Å². The van der Waals surface area contributed by atoms with Gasteiger partial charge in [0.15, 0.2) is 12.4 Å². The SMILES string of the molecule is C[C@@H](c1ccccc1)N1C[C@H](C(=O)OCC(=O)NNC(=O)c2ccco2)CC1=O. The molecule has 3 rings (SSSR count). The molecule has 0 saturated carbocycles. The third kappa shape index (κ3) is 5.01. The number of esters is 1. The normalized spacial score (nSPS) is 16.9. The molecule has 0 bridgehead atoms. The zero-order valence-corrected chi connectivity index (χ0v) is 15.8. The summed E-state index contributed by atoms with van der Waals surface area (Å²) in [6.07, 6.45) is 1.36. The lowest BCUT2D eigenvalue weighted by atomic mass is 10.1. The lowest BCUT2D eigenvalue weighted by molar-refractivity contribution is -0.152. The first-order valence-electron chi connectivity index (χ1n) is 9.09. The number of hydrogen-bond donors (Lipinski definition) is 2. The number of furan rings is 1. The molecule has 1 aliphatic heterocycles. The number of carbonyl (C=O) groups excluding carboxylic acids is 4. The second-order valence-corrected chi connectivity index (χ2v) is 6.62. The molecule has 0 spiro atoms. The molecule has 1 aromatic heterocycles. The molecule has 1 aromatic carbocycles. The van der Waals surface area contributed by atoms with Gasteiger partial charge in [0, 0.05) is 13.0 Å². The minimum absolute atomic E-state index is 0.0272. The van der Waals surface area contributed by atoms with Gasteiger partial charge in [-0.2, -0.15) is 0 Å². The Morgan fingerprint density at radius 3 is 2.62 bits per heavy atom. The lowest BCUT2D eigenvalue weighted by Crippen LogP contribution is -2.43. The van der Waals surface area contributed by atoms with Gasteiger partial charge < -0.3 is 14.1 Å². The van der Waals surface area contributed by atoms with E-state index in [2.05, 4.69) is 10.9 Å². The summed E-state index contributed by atoms with van der Waals surface area (Å²) >= 11 is 0. The average molecular weight is 399 g/mol. The fourth-order valence-electron chi connectivity index (χ4n) is 3.06. The van der Waals surface area contributed by atoms with Crippen molar-refractivity contribution in [3.63, 3.8) is 0 Å². The molecule has 3 amide bonds. The monoisotopic (exact) mass is 399 g/mol. The number of hydrazine groups is 1. The van der Waals surface area contributed by atoms with Crippen LogP contribution in [0.25, 0.3) is 0 Å². The van der Waals surface area contributed by atoms with E-state index in [9.17, 15) is 19.2 Å². The summed E-state index contributed by atoms with van der Waals surface area (Å²) in [5, 5.41) is 0. The van der Waals surface area contributed by atoms with Crippen LogP contribution in [0.2, 0.25) is 0 Å². The Kier molecular flexibility index (Phi) is 6.28. The Morgan fingerprint density at radius 2 is 1.93 bits per heavy atom. The van der Waals surface area contributed by atoms with Crippen molar-refractivity contribution < 1.29 is 28.3 Å². The number of hydrogen-bond acceptors (Lipinski definition) is 6. The van der Waals surface area contributed by atoms with Gasteiger partial charge in [-0.15, -0.1) is 0 Å².